The summed E-state index contributed by atoms with van der Waals surface area (Å²) in [5.74, 6) is 0.449. The van der Waals surface area contributed by atoms with Gasteiger partial charge >= 0.3 is 0 Å². The Morgan fingerprint density at radius 2 is 2.03 bits per heavy atom. The number of ether oxygens (including phenoxy) is 2. The number of aromatic nitrogens is 3. The van der Waals surface area contributed by atoms with Gasteiger partial charge in [0.1, 0.15) is 0 Å². The van der Waals surface area contributed by atoms with E-state index in [2.05, 4.69) is 30.8 Å². The fraction of sp³-hybridized carbons (Fsp3) is 0.435. The fourth-order valence-corrected chi connectivity index (χ4v) is 3.89. The first kappa shape index (κ1) is 21.9. The van der Waals surface area contributed by atoms with Gasteiger partial charge < -0.3 is 15.2 Å². The summed E-state index contributed by atoms with van der Waals surface area (Å²) in [5, 5.41) is 3.22. The number of benzene rings is 1. The Bertz CT molecular complexity index is 1220. The molecule has 3 aromatic rings. The molecule has 1 amide bonds. The molecule has 170 valence electrons. The second-order valence-electron chi connectivity index (χ2n) is 9.16. The van der Waals surface area contributed by atoms with Gasteiger partial charge in [0.05, 0.1) is 18.4 Å². The zero-order valence-electron chi connectivity index (χ0n) is 18.9. The lowest BCUT2D eigenvalue weighted by atomic mass is 9.93. The maximum Gasteiger partial charge on any atom is 0.277 e. The molecule has 4 rings (SSSR count). The van der Waals surface area contributed by atoms with Crippen LogP contribution in [0.1, 0.15) is 43.3 Å². The molecule has 0 fully saturated rings. The minimum Gasteiger partial charge on any atom is -0.493 e. The van der Waals surface area contributed by atoms with Crippen molar-refractivity contribution in [3.63, 3.8) is 0 Å². The lowest BCUT2D eigenvalue weighted by molar-refractivity contribution is -0.119. The van der Waals surface area contributed by atoms with Crippen molar-refractivity contribution in [1.82, 2.24) is 19.5 Å². The van der Waals surface area contributed by atoms with Crippen molar-refractivity contribution in [3.05, 3.63) is 57.1 Å². The lowest BCUT2D eigenvalue weighted by Gasteiger charge is -2.27. The van der Waals surface area contributed by atoms with Crippen molar-refractivity contribution in [2.24, 2.45) is 5.73 Å². The van der Waals surface area contributed by atoms with Gasteiger partial charge in [-0.05, 0) is 17.7 Å². The number of H-pyrrole nitrogens is 1. The molecule has 2 aromatic heterocycles. The Morgan fingerprint density at radius 1 is 1.25 bits per heavy atom. The third-order valence-electron chi connectivity index (χ3n) is 5.65. The topological polar surface area (TPSA) is 115 Å². The quantitative estimate of drug-likeness (QED) is 0.605. The minimum atomic E-state index is -0.547. The van der Waals surface area contributed by atoms with E-state index in [1.807, 2.05) is 18.2 Å². The molecule has 1 aliphatic rings. The van der Waals surface area contributed by atoms with Gasteiger partial charge in [0, 0.05) is 43.2 Å². The van der Waals surface area contributed by atoms with E-state index >= 15 is 0 Å². The first-order valence-corrected chi connectivity index (χ1v) is 10.6. The van der Waals surface area contributed by atoms with E-state index < -0.39 is 5.91 Å². The Labute approximate surface area is 186 Å². The molecule has 0 unspecified atom stereocenters. The van der Waals surface area contributed by atoms with Gasteiger partial charge in [-0.3, -0.25) is 19.6 Å². The first-order chi connectivity index (χ1) is 15.2. The Hall–Kier alpha value is -3.33. The molecule has 9 heteroatoms. The summed E-state index contributed by atoms with van der Waals surface area (Å²) in [5.41, 5.74) is 9.27. The van der Waals surface area contributed by atoms with Crippen LogP contribution in [0.2, 0.25) is 0 Å². The number of hydrogen-bond acceptors (Lipinski definition) is 6. The number of nitrogens with one attached hydrogen (secondary N) is 1. The van der Waals surface area contributed by atoms with Crippen molar-refractivity contribution in [2.45, 2.75) is 45.7 Å². The van der Waals surface area contributed by atoms with Crippen molar-refractivity contribution in [3.8, 4) is 11.5 Å². The summed E-state index contributed by atoms with van der Waals surface area (Å²) in [4.78, 5) is 31.1. The van der Waals surface area contributed by atoms with Gasteiger partial charge in [0.2, 0.25) is 0 Å². The molecular formula is C23H29N5O4. The van der Waals surface area contributed by atoms with E-state index in [0.29, 0.717) is 36.7 Å². The monoisotopic (exact) mass is 439 g/mol. The van der Waals surface area contributed by atoms with Crippen LogP contribution in [0.25, 0.3) is 5.65 Å². The van der Waals surface area contributed by atoms with Gasteiger partial charge in [0.15, 0.2) is 23.8 Å². The SMILES string of the molecule is COc1cc(CN2CCc3nc4cc(C(C)(C)C)[nH]n4c(=O)c3C2)ccc1OCC(N)=O. The highest BCUT2D eigenvalue weighted by Crippen LogP contribution is 2.29. The normalized spacial score (nSPS) is 14.4. The molecule has 1 aromatic carbocycles. The third-order valence-corrected chi connectivity index (χ3v) is 5.65. The Kier molecular flexibility index (Phi) is 5.68. The Balaban J connectivity index is 1.55. The van der Waals surface area contributed by atoms with Gasteiger partial charge in [-0.2, -0.15) is 0 Å². The van der Waals surface area contributed by atoms with Crippen LogP contribution < -0.4 is 20.8 Å². The average molecular weight is 440 g/mol. The van der Waals surface area contributed by atoms with E-state index in [1.54, 1.807) is 17.7 Å². The zero-order chi connectivity index (χ0) is 23.0. The smallest absolute Gasteiger partial charge is 0.277 e. The second kappa shape index (κ2) is 8.31. The van der Waals surface area contributed by atoms with Crippen LogP contribution in [0, 0.1) is 0 Å². The van der Waals surface area contributed by atoms with Gasteiger partial charge in [-0.25, -0.2) is 9.50 Å². The van der Waals surface area contributed by atoms with Crippen molar-refractivity contribution >= 4 is 11.6 Å². The van der Waals surface area contributed by atoms with E-state index in [4.69, 9.17) is 20.2 Å². The molecule has 0 aliphatic carbocycles. The predicted octanol–water partition coefficient (Wildman–Crippen LogP) is 1.75. The summed E-state index contributed by atoms with van der Waals surface area (Å²) in [6.07, 6.45) is 0.716. The number of fused-ring (bicyclic) bond motifs is 2. The molecule has 0 spiro atoms. The fourth-order valence-electron chi connectivity index (χ4n) is 3.89. The minimum absolute atomic E-state index is 0.0435. The highest BCUT2D eigenvalue weighted by Gasteiger charge is 2.24. The van der Waals surface area contributed by atoms with Gasteiger partial charge in [0.25, 0.3) is 11.5 Å². The Morgan fingerprint density at radius 3 is 2.72 bits per heavy atom. The summed E-state index contributed by atoms with van der Waals surface area (Å²) in [6, 6.07) is 7.52. The highest BCUT2D eigenvalue weighted by molar-refractivity contribution is 5.75. The standard InChI is InChI=1S/C23H29N5O4/c1-23(2,3)19-10-21-25-16-7-8-27(12-15(16)22(30)28(21)26-19)11-14-5-6-17(18(9-14)31-4)32-13-20(24)29/h5-6,9-10,26H,7-8,11-13H2,1-4H3,(H2,24,29). The molecule has 3 heterocycles. The molecule has 0 saturated carbocycles. The van der Waals surface area contributed by atoms with Crippen LogP contribution in [0.3, 0.4) is 0 Å². The number of carbonyl (C=O) groups excluding carboxylic acids is 1. The largest absolute Gasteiger partial charge is 0.493 e. The molecule has 1 aliphatic heterocycles. The number of nitrogens with zero attached hydrogens (tertiary/aromatic N) is 3. The molecule has 0 saturated heterocycles. The van der Waals surface area contributed by atoms with Crippen LogP contribution in [0.4, 0.5) is 0 Å². The number of primary amides is 1. The number of carbonyl (C=O) groups is 1. The summed E-state index contributed by atoms with van der Waals surface area (Å²) < 4.78 is 12.3. The lowest BCUT2D eigenvalue weighted by Crippen LogP contribution is -2.36. The summed E-state index contributed by atoms with van der Waals surface area (Å²) in [7, 11) is 1.55. The third kappa shape index (κ3) is 4.34. The zero-order valence-corrected chi connectivity index (χ0v) is 18.9. The van der Waals surface area contributed by atoms with E-state index in [9.17, 15) is 9.59 Å². The van der Waals surface area contributed by atoms with E-state index in [0.717, 1.165) is 29.1 Å². The van der Waals surface area contributed by atoms with Crippen molar-refractivity contribution in [2.75, 3.05) is 20.3 Å². The number of methoxy groups -OCH3 is 1. The number of nitrogens with two attached hydrogens (primary N) is 1. The highest BCUT2D eigenvalue weighted by atomic mass is 16.5. The van der Waals surface area contributed by atoms with Gasteiger partial charge in [-0.1, -0.05) is 26.8 Å². The van der Waals surface area contributed by atoms with Crippen LogP contribution in [0.15, 0.2) is 29.1 Å². The second-order valence-corrected chi connectivity index (χ2v) is 9.16. The first-order valence-electron chi connectivity index (χ1n) is 10.6. The maximum atomic E-state index is 13.2. The number of aromatic amines is 1. The number of amides is 1. The average Bonchev–Trinajstić information content (AvgIpc) is 3.18. The number of rotatable bonds is 6. The molecule has 32 heavy (non-hydrogen) atoms. The van der Waals surface area contributed by atoms with Crippen molar-refractivity contribution in [1.29, 1.82) is 0 Å². The molecule has 0 radical (unpaired) electrons. The predicted molar refractivity (Wildman–Crippen MR) is 120 cm³/mol. The molecule has 3 N–H and O–H groups in total. The van der Waals surface area contributed by atoms with Crippen LogP contribution in [-0.4, -0.2) is 45.7 Å². The maximum absolute atomic E-state index is 13.2. The molecule has 0 atom stereocenters. The summed E-state index contributed by atoms with van der Waals surface area (Å²) in [6.45, 7) is 8.06. The summed E-state index contributed by atoms with van der Waals surface area (Å²) >= 11 is 0. The van der Waals surface area contributed by atoms with Crippen LogP contribution in [0.5, 0.6) is 11.5 Å². The molecular weight excluding hydrogens is 410 g/mol. The van der Waals surface area contributed by atoms with E-state index in [-0.39, 0.29) is 17.6 Å². The number of hydrogen-bond donors (Lipinski definition) is 2. The van der Waals surface area contributed by atoms with Crippen LogP contribution >= 0.6 is 0 Å². The van der Waals surface area contributed by atoms with Crippen LogP contribution in [-0.2, 0) is 29.7 Å². The van der Waals surface area contributed by atoms with Gasteiger partial charge in [-0.15, -0.1) is 0 Å². The van der Waals surface area contributed by atoms with E-state index in [1.165, 1.54) is 0 Å². The molecule has 9 nitrogen and oxygen atoms in total. The molecule has 0 bridgehead atoms. The van der Waals surface area contributed by atoms with Crippen molar-refractivity contribution < 1.29 is 14.3 Å².